The normalized spacial score (nSPS) is 10.9. The lowest BCUT2D eigenvalue weighted by Crippen LogP contribution is -2.25. The fourth-order valence-corrected chi connectivity index (χ4v) is 1.98. The Bertz CT molecular complexity index is 623. The predicted octanol–water partition coefficient (Wildman–Crippen LogP) is 1.88. The van der Waals surface area contributed by atoms with Crippen molar-refractivity contribution in [2.24, 2.45) is 0 Å². The van der Waals surface area contributed by atoms with Gasteiger partial charge in [-0.25, -0.2) is 4.79 Å². The molecule has 1 N–H and O–H groups in total. The maximum atomic E-state index is 11.7. The number of hydrogen-bond donors (Lipinski definition) is 1. The number of benzene rings is 1. The van der Waals surface area contributed by atoms with Crippen LogP contribution in [0, 0.1) is 13.8 Å². The van der Waals surface area contributed by atoms with Gasteiger partial charge in [0.1, 0.15) is 11.4 Å². The number of esters is 2. The van der Waals surface area contributed by atoms with Crippen molar-refractivity contribution in [1.29, 1.82) is 0 Å². The Morgan fingerprint density at radius 1 is 1.09 bits per heavy atom. The molecule has 0 aromatic heterocycles. The van der Waals surface area contributed by atoms with Gasteiger partial charge in [0.05, 0.1) is 7.11 Å². The first kappa shape index (κ1) is 17.4. The van der Waals surface area contributed by atoms with Crippen LogP contribution < -0.4 is 10.1 Å². The molecule has 22 heavy (non-hydrogen) atoms. The van der Waals surface area contributed by atoms with Crippen molar-refractivity contribution in [3.05, 3.63) is 34.5 Å². The number of carbonyl (C=O) groups is 3. The van der Waals surface area contributed by atoms with Crippen LogP contribution in [0.1, 0.15) is 30.5 Å². The summed E-state index contributed by atoms with van der Waals surface area (Å²) in [6, 6.07) is 3.37. The smallest absolute Gasteiger partial charge is 0.354 e. The molecule has 0 aliphatic rings. The summed E-state index contributed by atoms with van der Waals surface area (Å²) < 4.78 is 9.70. The van der Waals surface area contributed by atoms with Crippen LogP contribution in [-0.2, 0) is 19.1 Å². The maximum Gasteiger partial charge on any atom is 0.354 e. The van der Waals surface area contributed by atoms with Gasteiger partial charge in [0.2, 0.25) is 5.91 Å². The van der Waals surface area contributed by atoms with Crippen LogP contribution in [0.25, 0.3) is 6.08 Å². The molecule has 0 aliphatic carbocycles. The largest absolute Gasteiger partial charge is 0.464 e. The molecular formula is C16H19NO5. The molecule has 0 saturated carbocycles. The van der Waals surface area contributed by atoms with Gasteiger partial charge in [-0.3, -0.25) is 9.59 Å². The summed E-state index contributed by atoms with van der Waals surface area (Å²) in [6.45, 7) is 6.26. The molecule has 0 radical (unpaired) electrons. The van der Waals surface area contributed by atoms with Gasteiger partial charge in [-0.15, -0.1) is 0 Å². The highest BCUT2D eigenvalue weighted by molar-refractivity contribution is 5.97. The zero-order valence-electron chi connectivity index (χ0n) is 13.3. The Morgan fingerprint density at radius 2 is 1.64 bits per heavy atom. The molecule has 0 unspecified atom stereocenters. The van der Waals surface area contributed by atoms with Crippen molar-refractivity contribution in [2.45, 2.75) is 27.7 Å². The molecule has 0 aliphatic heterocycles. The third kappa shape index (κ3) is 4.73. The average Bonchev–Trinajstić information content (AvgIpc) is 2.39. The molecule has 1 aromatic carbocycles. The SMILES string of the molecule is COC(=O)/C(=C/c1c(C)cc(OC(C)=O)cc1C)NC(C)=O. The molecule has 0 saturated heterocycles. The molecule has 0 spiro atoms. The van der Waals surface area contributed by atoms with E-state index in [4.69, 9.17) is 4.74 Å². The predicted molar refractivity (Wildman–Crippen MR) is 81.0 cm³/mol. The van der Waals surface area contributed by atoms with E-state index in [0.29, 0.717) is 5.75 Å². The number of hydrogen-bond acceptors (Lipinski definition) is 5. The summed E-state index contributed by atoms with van der Waals surface area (Å²) in [5.41, 5.74) is 2.37. The molecule has 1 aromatic rings. The third-order valence-corrected chi connectivity index (χ3v) is 2.83. The van der Waals surface area contributed by atoms with Gasteiger partial charge in [-0.05, 0) is 48.7 Å². The van der Waals surface area contributed by atoms with E-state index in [2.05, 4.69) is 10.1 Å². The highest BCUT2D eigenvalue weighted by atomic mass is 16.5. The number of rotatable bonds is 4. The molecule has 6 nitrogen and oxygen atoms in total. The zero-order valence-corrected chi connectivity index (χ0v) is 13.3. The summed E-state index contributed by atoms with van der Waals surface area (Å²) in [7, 11) is 1.24. The number of aryl methyl sites for hydroxylation is 2. The second-order valence-corrected chi connectivity index (χ2v) is 4.80. The van der Waals surface area contributed by atoms with Crippen molar-refractivity contribution in [3.63, 3.8) is 0 Å². The molecule has 0 bridgehead atoms. The summed E-state index contributed by atoms with van der Waals surface area (Å²) >= 11 is 0. The molecule has 0 heterocycles. The van der Waals surface area contributed by atoms with E-state index in [1.54, 1.807) is 12.1 Å². The lowest BCUT2D eigenvalue weighted by molar-refractivity contribution is -0.137. The van der Waals surface area contributed by atoms with E-state index < -0.39 is 11.9 Å². The van der Waals surface area contributed by atoms with E-state index in [-0.39, 0.29) is 11.6 Å². The third-order valence-electron chi connectivity index (χ3n) is 2.83. The minimum Gasteiger partial charge on any atom is -0.464 e. The van der Waals surface area contributed by atoms with Crippen LogP contribution in [-0.4, -0.2) is 25.0 Å². The Balaban J connectivity index is 3.28. The van der Waals surface area contributed by atoms with Crippen molar-refractivity contribution in [1.82, 2.24) is 5.32 Å². The van der Waals surface area contributed by atoms with Gasteiger partial charge >= 0.3 is 11.9 Å². The van der Waals surface area contributed by atoms with Crippen LogP contribution in [0.2, 0.25) is 0 Å². The zero-order chi connectivity index (χ0) is 16.9. The second kappa shape index (κ2) is 7.40. The van der Waals surface area contributed by atoms with Crippen molar-refractivity contribution >= 4 is 23.9 Å². The van der Waals surface area contributed by atoms with Crippen molar-refractivity contribution < 1.29 is 23.9 Å². The Hall–Kier alpha value is -2.63. The van der Waals surface area contributed by atoms with E-state index in [9.17, 15) is 14.4 Å². The molecule has 118 valence electrons. The number of nitrogens with one attached hydrogen (secondary N) is 1. The van der Waals surface area contributed by atoms with Crippen LogP contribution in [0.15, 0.2) is 17.8 Å². The fourth-order valence-electron chi connectivity index (χ4n) is 1.98. The molecule has 1 rings (SSSR count). The van der Waals surface area contributed by atoms with E-state index in [0.717, 1.165) is 16.7 Å². The topological polar surface area (TPSA) is 81.7 Å². The minimum atomic E-state index is -0.641. The van der Waals surface area contributed by atoms with Gasteiger partial charge in [-0.2, -0.15) is 0 Å². The number of amides is 1. The van der Waals surface area contributed by atoms with E-state index >= 15 is 0 Å². The lowest BCUT2D eigenvalue weighted by atomic mass is 10.0. The number of carbonyl (C=O) groups excluding carboxylic acids is 3. The maximum absolute atomic E-state index is 11.7. The molecule has 6 heteroatoms. The average molecular weight is 305 g/mol. The van der Waals surface area contributed by atoms with Crippen LogP contribution in [0.4, 0.5) is 0 Å². The highest BCUT2D eigenvalue weighted by Crippen LogP contribution is 2.24. The lowest BCUT2D eigenvalue weighted by Gasteiger charge is -2.11. The summed E-state index contributed by atoms with van der Waals surface area (Å²) in [5.74, 6) is -0.990. The first-order chi connectivity index (χ1) is 10.2. The van der Waals surface area contributed by atoms with Crippen molar-refractivity contribution in [2.75, 3.05) is 7.11 Å². The number of ether oxygens (including phenoxy) is 2. The van der Waals surface area contributed by atoms with E-state index in [1.165, 1.54) is 27.0 Å². The van der Waals surface area contributed by atoms with E-state index in [1.807, 2.05) is 13.8 Å². The van der Waals surface area contributed by atoms with Gasteiger partial charge < -0.3 is 14.8 Å². The Labute approximate surface area is 129 Å². The minimum absolute atomic E-state index is 0.0430. The van der Waals surface area contributed by atoms with Crippen LogP contribution in [0.3, 0.4) is 0 Å². The summed E-state index contributed by atoms with van der Waals surface area (Å²) in [4.78, 5) is 33.9. The standard InChI is InChI=1S/C16H19NO5/c1-9-6-13(22-12(4)19)7-10(2)14(9)8-15(16(20)21-5)17-11(3)18/h6-8H,1-5H3,(H,17,18)/b15-8-. The monoisotopic (exact) mass is 305 g/mol. The second-order valence-electron chi connectivity index (χ2n) is 4.80. The molecule has 0 fully saturated rings. The summed E-state index contributed by atoms with van der Waals surface area (Å²) in [6.07, 6.45) is 1.54. The highest BCUT2D eigenvalue weighted by Gasteiger charge is 2.14. The first-order valence-electron chi connectivity index (χ1n) is 6.62. The Morgan fingerprint density at radius 3 is 2.05 bits per heavy atom. The molecule has 0 atom stereocenters. The molecular weight excluding hydrogens is 286 g/mol. The quantitative estimate of drug-likeness (QED) is 0.522. The van der Waals surface area contributed by atoms with Gasteiger partial charge in [0.25, 0.3) is 0 Å². The number of methoxy groups -OCH3 is 1. The Kier molecular flexibility index (Phi) is 5.86. The van der Waals surface area contributed by atoms with Crippen LogP contribution in [0.5, 0.6) is 5.75 Å². The molecule has 1 amide bonds. The van der Waals surface area contributed by atoms with Gasteiger partial charge in [0.15, 0.2) is 0 Å². The fraction of sp³-hybridized carbons (Fsp3) is 0.312. The van der Waals surface area contributed by atoms with Crippen LogP contribution >= 0.6 is 0 Å². The summed E-state index contributed by atoms with van der Waals surface area (Å²) in [5, 5.41) is 2.44. The van der Waals surface area contributed by atoms with Crippen molar-refractivity contribution in [3.8, 4) is 5.75 Å². The first-order valence-corrected chi connectivity index (χ1v) is 6.62. The van der Waals surface area contributed by atoms with Gasteiger partial charge in [0, 0.05) is 13.8 Å². The van der Waals surface area contributed by atoms with Gasteiger partial charge in [-0.1, -0.05) is 0 Å².